The molecule has 0 aromatic heterocycles. The number of nitrogens with zero attached hydrogens (tertiary/aromatic N) is 22. The molecule has 0 aromatic carbocycles. The highest BCUT2D eigenvalue weighted by Crippen LogP contribution is 2.36. The third-order valence-electron chi connectivity index (χ3n) is 34.7. The van der Waals surface area contributed by atoms with E-state index in [2.05, 4.69) is 435 Å². The average Bonchev–Trinajstić information content (AvgIpc) is 1.66. The van der Waals surface area contributed by atoms with Gasteiger partial charge in [-0.15, -0.1) is 0 Å². The molecule has 11 unspecified atom stereocenters. The van der Waals surface area contributed by atoms with E-state index >= 15 is 0 Å². The standard InChI is InChI=1S/2C12H24N2.C11H22N2O.C11H22N2.3C11H24N2.2C10H22N2.2C9H20N2.C2H6.6CH4/c1-12(2,3)14-8-10-6-5-7-13(4)11(10)9-14;1-12(2,3)14-9-8-13-7-5-4-6-11(13)10-14;1-11(2,3)13-7-9-10(8-13)14-6-5-12(9)4;1-11(2,3)13-8-7-12-6-4-5-10(12)9-13;1-9-7-13(11(2,3)4)8-10(9)12(5)6;1-11(2,3)13-8-6-7-10(9-13)12(4)5;1-11(2,3)13-8-6-7-10(13)9-12(4)5;1-10(2,3)12(5)8-9-6-11(4)7-9;1-10(2,3)12(5)9-6-7-11(4)8-9;1-9(2,3)11-7-5-10(4)6-8-11;1-9(2)11-6-4-5-10(3)7-8-11;1-2;;;;;;/h10-11H,5-9H2,1-4H3;11H,4-10H2,1-3H3;9-10H,5-8H2,1-4H3;10H,4-9H2,1-3H3;9-10H,7-8H2,1-6H3;2*10H,6-9H2,1-5H3;2*9H,6-8H2,1-5H3;5-8H2,1-4H3;9H,4-8H2,1-3H3;1-2H3;6*1H4. The first-order valence-electron chi connectivity index (χ1n) is 58.7. The van der Waals surface area contributed by atoms with Gasteiger partial charge in [-0.2, -0.15) is 0 Å². The fourth-order valence-corrected chi connectivity index (χ4v) is 23.7. The number of likely N-dealkylation sites (tertiary alicyclic amines) is 8. The van der Waals surface area contributed by atoms with E-state index in [1.54, 1.807) is 0 Å². The SMILES string of the molecule is C.C.C.C.C.C.CC.CC(C)(C)N1CCN2CCCC2C1.CC(C)(C)N1CCN2CCCCC2C1.CC(C)N1CCCN(C)CC1.CC1CN(C(C)(C)C)CC1N(C)C.CN(C)C1CCCN(C(C)(C)C)C1.CN(C)CC1CCCN1C(C)(C)C.CN1CC(CN(C)C(C)(C)C)C1.CN1CCC(N(C)C(C)(C)C)C1.CN1CCCC2CN(C(C)(C)C)CC21.CN1CCN(C(C)(C)C)CC1.CN1CCOC2CN(C(C)(C)C)CC21. The highest BCUT2D eigenvalue weighted by molar-refractivity contribution is 5.01. The maximum absolute atomic E-state index is 5.81. The quantitative estimate of drug-likeness (QED) is 0.231. The van der Waals surface area contributed by atoms with Gasteiger partial charge >= 0.3 is 0 Å². The molecule has 23 heteroatoms. The monoisotopic (exact) mass is 2100 g/mol. The first-order chi connectivity index (χ1) is 65.2. The van der Waals surface area contributed by atoms with Gasteiger partial charge in [0.25, 0.3) is 0 Å². The van der Waals surface area contributed by atoms with Crippen molar-refractivity contribution in [2.45, 2.75) is 486 Å². The molecule has 0 aliphatic carbocycles. The molecule has 23 nitrogen and oxygen atoms in total. The third-order valence-corrected chi connectivity index (χ3v) is 34.7. The second-order valence-electron chi connectivity index (χ2n) is 57.6. The molecular weight excluding hydrogens is 1830 g/mol. The summed E-state index contributed by atoms with van der Waals surface area (Å²) in [7, 11) is 30.9. The number of piperazine rings is 3. The average molecular weight is 2110 g/mol. The molecule has 0 amide bonds. The van der Waals surface area contributed by atoms with Crippen LogP contribution in [0.15, 0.2) is 0 Å². The van der Waals surface area contributed by atoms with Gasteiger partial charge in [-0.05, 0) is 467 Å². The van der Waals surface area contributed by atoms with Crippen molar-refractivity contribution in [1.29, 1.82) is 0 Å². The number of piperidine rings is 3. The number of fused-ring (bicyclic) bond motifs is 4. The second-order valence-corrected chi connectivity index (χ2v) is 57.6. The van der Waals surface area contributed by atoms with Gasteiger partial charge in [-0.3, -0.25) is 63.7 Å². The molecule has 15 aliphatic heterocycles. The van der Waals surface area contributed by atoms with E-state index in [1.807, 2.05) is 13.8 Å². The van der Waals surface area contributed by atoms with Gasteiger partial charge in [0, 0.05) is 273 Å². The van der Waals surface area contributed by atoms with E-state index in [4.69, 9.17) is 4.74 Å². The van der Waals surface area contributed by atoms with Crippen molar-refractivity contribution >= 4 is 0 Å². The van der Waals surface area contributed by atoms with Crippen molar-refractivity contribution < 1.29 is 4.74 Å². The Morgan fingerprint density at radius 3 is 1.17 bits per heavy atom. The zero-order valence-corrected chi connectivity index (χ0v) is 105. The highest BCUT2D eigenvalue weighted by atomic mass is 16.5. The number of likely N-dealkylation sites (N-methyl/N-ethyl adjacent to an activating group) is 9. The molecular formula is C125H278N22O. The van der Waals surface area contributed by atoms with E-state index < -0.39 is 0 Å². The van der Waals surface area contributed by atoms with Gasteiger partial charge in [-0.25, -0.2) is 0 Å². The summed E-state index contributed by atoms with van der Waals surface area (Å²) in [5, 5.41) is 0. The van der Waals surface area contributed by atoms with Crippen LogP contribution in [0.2, 0.25) is 0 Å². The number of morpholine rings is 1. The van der Waals surface area contributed by atoms with Crippen LogP contribution >= 0.6 is 0 Å². The van der Waals surface area contributed by atoms with Crippen LogP contribution in [0.5, 0.6) is 0 Å². The Bertz CT molecular complexity index is 3190. The molecule has 11 atom stereocenters. The molecule has 15 heterocycles. The van der Waals surface area contributed by atoms with Gasteiger partial charge in [0.1, 0.15) is 0 Å². The topological polar surface area (TPSA) is 80.5 Å². The Morgan fingerprint density at radius 2 is 0.743 bits per heavy atom. The molecule has 0 N–H and O–H groups in total. The molecule has 15 rings (SSSR count). The third kappa shape index (κ3) is 54.0. The maximum atomic E-state index is 5.81. The lowest BCUT2D eigenvalue weighted by atomic mass is 9.93. The molecule has 0 spiro atoms. The predicted octanol–water partition coefficient (Wildman–Crippen LogP) is 21.0. The van der Waals surface area contributed by atoms with Gasteiger partial charge in [-0.1, -0.05) is 71.8 Å². The van der Waals surface area contributed by atoms with Gasteiger partial charge < -0.3 is 48.8 Å². The largest absolute Gasteiger partial charge is 0.374 e. The van der Waals surface area contributed by atoms with Gasteiger partial charge in [0.05, 0.1) is 12.7 Å². The van der Waals surface area contributed by atoms with Crippen LogP contribution in [0.3, 0.4) is 0 Å². The Morgan fingerprint density at radius 1 is 0.304 bits per heavy atom. The highest BCUT2D eigenvalue weighted by Gasteiger charge is 2.46. The Kier molecular flexibility index (Phi) is 69.8. The first kappa shape index (κ1) is 151. The minimum absolute atomic E-state index is 0. The van der Waals surface area contributed by atoms with E-state index in [9.17, 15) is 0 Å². The molecule has 0 bridgehead atoms. The van der Waals surface area contributed by atoms with Crippen molar-refractivity contribution in [3.63, 3.8) is 0 Å². The van der Waals surface area contributed by atoms with Crippen LogP contribution in [0.25, 0.3) is 0 Å². The summed E-state index contributed by atoms with van der Waals surface area (Å²) in [6.45, 7) is 122. The lowest BCUT2D eigenvalue weighted by molar-refractivity contribution is -0.0375. The summed E-state index contributed by atoms with van der Waals surface area (Å²) < 4.78 is 5.81. The van der Waals surface area contributed by atoms with Gasteiger partial charge in [0.2, 0.25) is 0 Å². The zero-order valence-electron chi connectivity index (χ0n) is 105. The van der Waals surface area contributed by atoms with Crippen LogP contribution in [0, 0.1) is 17.8 Å². The predicted molar refractivity (Wildman–Crippen MR) is 665 cm³/mol. The van der Waals surface area contributed by atoms with Crippen LogP contribution in [-0.2, 0) is 4.74 Å². The fourth-order valence-electron chi connectivity index (χ4n) is 23.7. The molecule has 0 saturated carbocycles. The number of rotatable bonds is 8. The number of hydrogen-bond donors (Lipinski definition) is 0. The number of ether oxygens (including phenoxy) is 1. The molecule has 15 aliphatic rings. The summed E-state index contributed by atoms with van der Waals surface area (Å²) in [4.78, 5) is 55.4. The fraction of sp³-hybridized carbons (Fsp3) is 1.00. The van der Waals surface area contributed by atoms with Crippen molar-refractivity contribution in [2.24, 2.45) is 17.8 Å². The second kappa shape index (κ2) is 68.4. The van der Waals surface area contributed by atoms with Crippen molar-refractivity contribution in [1.82, 2.24) is 108 Å². The summed E-state index contributed by atoms with van der Waals surface area (Å²) in [6, 6.07) is 6.93. The van der Waals surface area contributed by atoms with E-state index in [-0.39, 0.29) is 50.1 Å². The Balaban J connectivity index is -0.00000155. The molecule has 148 heavy (non-hydrogen) atoms. The van der Waals surface area contributed by atoms with E-state index in [0.29, 0.717) is 62.0 Å². The first-order valence-corrected chi connectivity index (χ1v) is 58.7. The maximum Gasteiger partial charge on any atom is 0.0870 e. The van der Waals surface area contributed by atoms with E-state index in [0.717, 1.165) is 92.3 Å². The molecule has 15 fully saturated rings. The lowest BCUT2D eigenvalue weighted by Gasteiger charge is -2.48. The summed E-state index contributed by atoms with van der Waals surface area (Å²) >= 11 is 0. The van der Waals surface area contributed by atoms with E-state index in [1.165, 1.54) is 280 Å². The summed E-state index contributed by atoms with van der Waals surface area (Å²) in [5.74, 6) is 2.64. The zero-order chi connectivity index (χ0) is 108. The smallest absolute Gasteiger partial charge is 0.0870 e. The molecule has 0 radical (unpaired) electrons. The van der Waals surface area contributed by atoms with Crippen molar-refractivity contribution in [2.75, 3.05) is 321 Å². The summed E-state index contributed by atoms with van der Waals surface area (Å²) in [6.07, 6.45) is 18.5. The normalized spacial score (nSPS) is 27.5. The van der Waals surface area contributed by atoms with Gasteiger partial charge in [0.15, 0.2) is 0 Å². The molecule has 0 aromatic rings. The van der Waals surface area contributed by atoms with Crippen LogP contribution < -0.4 is 0 Å². The summed E-state index contributed by atoms with van der Waals surface area (Å²) in [5.41, 5.74) is 3.40. The number of hydrogen-bond acceptors (Lipinski definition) is 23. The van der Waals surface area contributed by atoms with Crippen LogP contribution in [-0.4, -0.2) is 545 Å². The van der Waals surface area contributed by atoms with Crippen LogP contribution in [0.4, 0.5) is 0 Å². The molecule has 15 saturated heterocycles. The Labute approximate surface area is 932 Å². The minimum atomic E-state index is 0. The minimum Gasteiger partial charge on any atom is -0.374 e. The molecule has 894 valence electrons. The Hall–Kier alpha value is -0.920. The lowest BCUT2D eigenvalue weighted by Crippen LogP contribution is -2.59. The van der Waals surface area contributed by atoms with Crippen LogP contribution in [0.1, 0.15) is 370 Å². The van der Waals surface area contributed by atoms with Crippen molar-refractivity contribution in [3.8, 4) is 0 Å². The van der Waals surface area contributed by atoms with Crippen molar-refractivity contribution in [3.05, 3.63) is 0 Å².